The van der Waals surface area contributed by atoms with Crippen molar-refractivity contribution in [3.05, 3.63) is 92.6 Å². The van der Waals surface area contributed by atoms with Gasteiger partial charge < -0.3 is 4.57 Å². The number of fused-ring (bicyclic) bond motifs is 2. The Bertz CT molecular complexity index is 1750. The van der Waals surface area contributed by atoms with Crippen LogP contribution in [0.4, 0.5) is 22.0 Å². The Morgan fingerprint density at radius 2 is 1.50 bits per heavy atom. The molecule has 10 heteroatoms. The first-order chi connectivity index (χ1) is 17.2. The highest BCUT2D eigenvalue weighted by Gasteiger charge is 2.33. The zero-order valence-corrected chi connectivity index (χ0v) is 18.9. The lowest BCUT2D eigenvalue weighted by atomic mass is 9.99. The minimum absolute atomic E-state index is 0.140. The van der Waals surface area contributed by atoms with E-state index in [2.05, 4.69) is 0 Å². The van der Waals surface area contributed by atoms with E-state index in [-0.39, 0.29) is 28.2 Å². The van der Waals surface area contributed by atoms with Crippen molar-refractivity contribution in [2.45, 2.75) is 0 Å². The summed E-state index contributed by atoms with van der Waals surface area (Å²) in [5, 5.41) is 18.9. The average Bonchev–Trinajstić information content (AvgIpc) is 3.50. The molecule has 0 spiro atoms. The minimum Gasteiger partial charge on any atom is -0.343 e. The molecular weight excluding hydrogens is 497 g/mol. The van der Waals surface area contributed by atoms with E-state index in [9.17, 15) is 37.3 Å². The lowest BCUT2D eigenvalue weighted by Crippen LogP contribution is -2.06. The molecule has 0 unspecified atom stereocenters. The Morgan fingerprint density at radius 3 is 2.08 bits per heavy atom. The molecule has 0 radical (unpaired) electrons. The Labute approximate surface area is 204 Å². The third kappa shape index (κ3) is 3.19. The largest absolute Gasteiger partial charge is 0.343 e. The number of hydrogen-bond acceptors (Lipinski definition) is 4. The van der Waals surface area contributed by atoms with Crippen LogP contribution < -0.4 is 0 Å². The number of Topliss-reactive ketones (excluding diaryl/α,β-unsaturated/α-hetero) is 1. The molecule has 4 aromatic rings. The Morgan fingerprint density at radius 1 is 0.917 bits per heavy atom. The summed E-state index contributed by atoms with van der Waals surface area (Å²) in [6.45, 7) is 0. The van der Waals surface area contributed by atoms with E-state index in [0.717, 1.165) is 11.3 Å². The Kier molecular flexibility index (Phi) is 5.35. The maximum absolute atomic E-state index is 14.4. The van der Waals surface area contributed by atoms with E-state index in [4.69, 9.17) is 0 Å². The van der Waals surface area contributed by atoms with Gasteiger partial charge in [-0.25, -0.2) is 22.0 Å². The molecule has 4 nitrogen and oxygen atoms in total. The van der Waals surface area contributed by atoms with E-state index in [1.165, 1.54) is 23.8 Å². The molecule has 1 aliphatic carbocycles. The fourth-order valence-corrected chi connectivity index (χ4v) is 5.33. The normalized spacial score (nSPS) is 13.8. The molecule has 0 bridgehead atoms. The van der Waals surface area contributed by atoms with E-state index < -0.39 is 34.6 Å². The number of benzene rings is 2. The summed E-state index contributed by atoms with van der Waals surface area (Å²) in [6.07, 6.45) is 1.51. The first-order valence-corrected chi connectivity index (χ1v) is 11.0. The van der Waals surface area contributed by atoms with Gasteiger partial charge in [0.2, 0.25) is 5.82 Å². The van der Waals surface area contributed by atoms with Crippen LogP contribution in [0.3, 0.4) is 0 Å². The summed E-state index contributed by atoms with van der Waals surface area (Å²) in [7, 11) is 1.41. The highest BCUT2D eigenvalue weighted by Crippen LogP contribution is 2.42. The summed E-state index contributed by atoms with van der Waals surface area (Å²) >= 11 is 1.10. The number of thiophene rings is 1. The fourth-order valence-electron chi connectivity index (χ4n) is 4.26. The molecule has 0 fully saturated rings. The quantitative estimate of drug-likeness (QED) is 0.0999. The second kappa shape index (κ2) is 8.29. The molecule has 0 amide bonds. The molecule has 0 saturated heterocycles. The van der Waals surface area contributed by atoms with E-state index in [0.29, 0.717) is 26.2 Å². The third-order valence-electron chi connectivity index (χ3n) is 5.93. The molecule has 2 aromatic carbocycles. The number of aromatic nitrogens is 1. The van der Waals surface area contributed by atoms with Crippen LogP contribution >= 0.6 is 11.3 Å². The van der Waals surface area contributed by atoms with E-state index >= 15 is 0 Å². The zero-order chi connectivity index (χ0) is 25.9. The number of halogens is 5. The second-order valence-corrected chi connectivity index (χ2v) is 8.95. The Balaban J connectivity index is 1.67. The molecule has 5 rings (SSSR count). The Hall–Kier alpha value is -4.54. The number of carbonyl (C=O) groups is 1. The van der Waals surface area contributed by atoms with Gasteiger partial charge in [0, 0.05) is 28.6 Å². The van der Waals surface area contributed by atoms with E-state index in [1.807, 2.05) is 12.1 Å². The number of nitrogens with zero attached hydrogens (tertiary/aromatic N) is 3. The summed E-state index contributed by atoms with van der Waals surface area (Å²) in [5.41, 5.74) is 0.0781. The summed E-state index contributed by atoms with van der Waals surface area (Å²) in [4.78, 5) is 13.6. The molecule has 176 valence electrons. The van der Waals surface area contributed by atoms with Crippen LogP contribution in [0.15, 0.2) is 47.5 Å². The van der Waals surface area contributed by atoms with Gasteiger partial charge in [0.1, 0.15) is 17.7 Å². The minimum atomic E-state index is -2.24. The molecule has 2 heterocycles. The highest BCUT2D eigenvalue weighted by molar-refractivity contribution is 7.19. The second-order valence-electron chi connectivity index (χ2n) is 7.84. The number of rotatable bonds is 2. The van der Waals surface area contributed by atoms with Gasteiger partial charge in [-0.15, -0.1) is 11.3 Å². The van der Waals surface area contributed by atoms with Gasteiger partial charge in [-0.05, 0) is 23.8 Å². The van der Waals surface area contributed by atoms with Crippen LogP contribution in [0, 0.1) is 51.7 Å². The number of aryl methyl sites for hydroxylation is 1. The maximum Gasteiger partial charge on any atom is 0.200 e. The highest BCUT2D eigenvalue weighted by atomic mass is 32.1. The SMILES string of the molecule is Cn1c(-c2c(F)c(F)c(F)c(F)c2F)cc2sc(/C=C3\C(=O)c4ccccc4C3=C(C#N)C#N)cc21. The van der Waals surface area contributed by atoms with Gasteiger partial charge in [0.15, 0.2) is 29.1 Å². The van der Waals surface area contributed by atoms with Gasteiger partial charge in [-0.3, -0.25) is 4.79 Å². The third-order valence-corrected chi connectivity index (χ3v) is 6.95. The summed E-state index contributed by atoms with van der Waals surface area (Å²) in [6, 6.07) is 13.1. The molecule has 36 heavy (non-hydrogen) atoms. The van der Waals surface area contributed by atoms with Crippen molar-refractivity contribution in [2.75, 3.05) is 0 Å². The first-order valence-electron chi connectivity index (χ1n) is 10.2. The van der Waals surface area contributed by atoms with Gasteiger partial charge in [0.25, 0.3) is 0 Å². The van der Waals surface area contributed by atoms with Crippen LogP contribution in [0.5, 0.6) is 0 Å². The lowest BCUT2D eigenvalue weighted by molar-refractivity contribution is 0.104. The van der Waals surface area contributed by atoms with Crippen molar-refractivity contribution < 1.29 is 26.7 Å². The van der Waals surface area contributed by atoms with Crippen LogP contribution in [-0.4, -0.2) is 10.4 Å². The van der Waals surface area contributed by atoms with Crippen molar-refractivity contribution in [1.29, 1.82) is 10.5 Å². The maximum atomic E-state index is 14.4. The number of carbonyl (C=O) groups excluding carboxylic acids is 1. The first kappa shape index (κ1) is 23.2. The van der Waals surface area contributed by atoms with Crippen molar-refractivity contribution in [3.8, 4) is 23.4 Å². The van der Waals surface area contributed by atoms with E-state index in [1.54, 1.807) is 30.3 Å². The van der Waals surface area contributed by atoms with Crippen LogP contribution in [-0.2, 0) is 7.05 Å². The summed E-state index contributed by atoms with van der Waals surface area (Å²) in [5.74, 6) is -10.6. The van der Waals surface area contributed by atoms with Crippen molar-refractivity contribution in [2.24, 2.45) is 7.05 Å². The van der Waals surface area contributed by atoms with Crippen LogP contribution in [0.2, 0.25) is 0 Å². The predicted octanol–water partition coefficient (Wildman–Crippen LogP) is 6.68. The van der Waals surface area contributed by atoms with Crippen molar-refractivity contribution >= 4 is 39.0 Å². The number of nitriles is 2. The van der Waals surface area contributed by atoms with Gasteiger partial charge in [0.05, 0.1) is 21.5 Å². The molecular formula is C26H10F5N3OS. The lowest BCUT2D eigenvalue weighted by Gasteiger charge is -2.09. The summed E-state index contributed by atoms with van der Waals surface area (Å²) < 4.78 is 71.4. The fraction of sp³-hybridized carbons (Fsp3) is 0.0385. The molecule has 0 saturated carbocycles. The average molecular weight is 507 g/mol. The van der Waals surface area contributed by atoms with Gasteiger partial charge in [-0.1, -0.05) is 24.3 Å². The predicted molar refractivity (Wildman–Crippen MR) is 123 cm³/mol. The molecule has 2 aromatic heterocycles. The van der Waals surface area contributed by atoms with Crippen molar-refractivity contribution in [1.82, 2.24) is 4.57 Å². The molecule has 0 atom stereocenters. The number of hydrogen-bond donors (Lipinski definition) is 0. The number of allylic oxidation sites excluding steroid dienone is 3. The molecule has 0 aliphatic heterocycles. The molecule has 1 aliphatic rings. The van der Waals surface area contributed by atoms with Crippen molar-refractivity contribution in [3.63, 3.8) is 0 Å². The number of ketones is 1. The van der Waals surface area contributed by atoms with Gasteiger partial charge in [-0.2, -0.15) is 10.5 Å². The topological polar surface area (TPSA) is 69.6 Å². The standard InChI is InChI=1S/C26H10F5N3OS/c1-34-16-7-12(6-15-19(11(9-32)10-33)13-4-2-3-5-14(13)26(15)35)36-18(16)8-17(34)20-21(27)23(29)25(31)24(30)22(20)28/h2-8H,1H3/b15-6-. The zero-order valence-electron chi connectivity index (χ0n) is 18.1. The monoisotopic (exact) mass is 507 g/mol. The molecule has 0 N–H and O–H groups in total. The van der Waals surface area contributed by atoms with Crippen LogP contribution in [0.1, 0.15) is 20.8 Å². The smallest absolute Gasteiger partial charge is 0.200 e. The van der Waals surface area contributed by atoms with Gasteiger partial charge >= 0.3 is 0 Å². The van der Waals surface area contributed by atoms with Crippen LogP contribution in [0.25, 0.3) is 33.1 Å².